The van der Waals surface area contributed by atoms with Gasteiger partial charge >= 0.3 is 0 Å². The van der Waals surface area contributed by atoms with Gasteiger partial charge in [0.2, 0.25) is 0 Å². The Balaban J connectivity index is 0.000000133. The van der Waals surface area contributed by atoms with Crippen LogP contribution in [-0.2, 0) is 19.3 Å². The summed E-state index contributed by atoms with van der Waals surface area (Å²) in [6, 6.07) is 12.4. The second-order valence-electron chi connectivity index (χ2n) is 9.22. The molecule has 0 atom stereocenters. The van der Waals surface area contributed by atoms with Gasteiger partial charge in [0.25, 0.3) is 0 Å². The smallest absolute Gasteiger partial charge is 0.165 e. The third kappa shape index (κ3) is 4.25. The average molecular weight is 592 g/mol. The van der Waals surface area contributed by atoms with E-state index >= 15 is 0 Å². The van der Waals surface area contributed by atoms with E-state index in [0.717, 1.165) is 75.3 Å². The molecule has 0 fully saturated rings. The maximum atomic E-state index is 12.1. The fraction of sp³-hybridized carbons (Fsp3) is 0.250. The predicted octanol–water partition coefficient (Wildman–Crippen LogP) is 7.72. The first kappa shape index (κ1) is 22.7. The lowest BCUT2D eigenvalue weighted by Crippen LogP contribution is -1.97. The summed E-state index contributed by atoms with van der Waals surface area (Å²) in [5, 5.41) is 2.31. The van der Waals surface area contributed by atoms with Crippen LogP contribution in [0.25, 0.3) is 33.1 Å². The number of carbonyl (C=O) groups is 1. The number of aromatic amines is 2. The van der Waals surface area contributed by atoms with Gasteiger partial charge in [-0.3, -0.25) is 4.79 Å². The summed E-state index contributed by atoms with van der Waals surface area (Å²) in [4.78, 5) is 27.7. The molecule has 5 nitrogen and oxygen atoms in total. The molecule has 5 aromatic rings. The van der Waals surface area contributed by atoms with Crippen LogP contribution < -0.4 is 0 Å². The van der Waals surface area contributed by atoms with Gasteiger partial charge in [-0.05, 0) is 80.5 Å². The molecule has 0 saturated carbocycles. The summed E-state index contributed by atoms with van der Waals surface area (Å²) >= 11 is 7.02. The first-order valence-electron chi connectivity index (χ1n) is 12.0. The third-order valence-electron chi connectivity index (χ3n) is 6.93. The maximum absolute atomic E-state index is 12.1. The highest BCUT2D eigenvalue weighted by Crippen LogP contribution is 2.37. The number of Topliss-reactive ketones (excluding diaryl/α,β-unsaturated/α-hetero) is 1. The van der Waals surface area contributed by atoms with Gasteiger partial charge in [-0.25, -0.2) is 9.97 Å². The van der Waals surface area contributed by atoms with Crippen molar-refractivity contribution in [1.82, 2.24) is 19.9 Å². The van der Waals surface area contributed by atoms with Gasteiger partial charge < -0.3 is 9.97 Å². The SMILES string of the molecule is Brc1ccc2[nH]c3c(c2c1)-c1ncncc1CCC3.O=C1CCCCc2[nH]c3ccc(Br)cc3c21. The van der Waals surface area contributed by atoms with Gasteiger partial charge in [0, 0.05) is 65.9 Å². The Morgan fingerprint density at radius 2 is 1.37 bits per heavy atom. The van der Waals surface area contributed by atoms with Crippen LogP contribution in [0, 0.1) is 0 Å². The van der Waals surface area contributed by atoms with Crippen molar-refractivity contribution in [2.24, 2.45) is 0 Å². The number of fused-ring (bicyclic) bond motifs is 8. The average Bonchev–Trinajstić information content (AvgIpc) is 3.25. The van der Waals surface area contributed by atoms with Gasteiger partial charge in [0.15, 0.2) is 5.78 Å². The van der Waals surface area contributed by atoms with E-state index in [1.165, 1.54) is 27.7 Å². The van der Waals surface area contributed by atoms with E-state index in [1.807, 2.05) is 24.4 Å². The monoisotopic (exact) mass is 590 g/mol. The second kappa shape index (κ2) is 9.36. The number of ketones is 1. The van der Waals surface area contributed by atoms with Crippen LogP contribution in [0.4, 0.5) is 0 Å². The predicted molar refractivity (Wildman–Crippen MR) is 147 cm³/mol. The van der Waals surface area contributed by atoms with Crippen molar-refractivity contribution in [2.75, 3.05) is 0 Å². The molecule has 176 valence electrons. The van der Waals surface area contributed by atoms with Crippen molar-refractivity contribution in [3.8, 4) is 11.3 Å². The van der Waals surface area contributed by atoms with E-state index in [4.69, 9.17) is 0 Å². The number of aryl methyl sites for hydroxylation is 3. The zero-order chi connectivity index (χ0) is 23.9. The normalized spacial score (nSPS) is 15.0. The molecule has 0 spiro atoms. The zero-order valence-electron chi connectivity index (χ0n) is 19.1. The van der Waals surface area contributed by atoms with Crippen LogP contribution >= 0.6 is 31.9 Å². The molecule has 0 radical (unpaired) electrons. The zero-order valence-corrected chi connectivity index (χ0v) is 22.3. The van der Waals surface area contributed by atoms with Crippen LogP contribution in [0.15, 0.2) is 57.9 Å². The molecule has 2 N–H and O–H groups in total. The molecule has 2 aliphatic carbocycles. The molecular formula is C28H24Br2N4O. The lowest BCUT2D eigenvalue weighted by molar-refractivity contribution is 0.0983. The minimum atomic E-state index is 0.289. The molecule has 2 aromatic carbocycles. The molecule has 0 unspecified atom stereocenters. The van der Waals surface area contributed by atoms with Crippen LogP contribution in [0.2, 0.25) is 0 Å². The Hall–Kier alpha value is -2.77. The standard InChI is InChI=1S/C15H12BrN3.C13H12BrNO/c16-10-4-5-12-11(6-10)14-13(19-12)3-1-2-9-7-17-8-18-15(9)14;14-8-5-6-10-9(7-8)13-11(15-10)3-1-2-4-12(13)16/h4-8,19H,1-3H2;5-7,15H,1-4H2. The van der Waals surface area contributed by atoms with Crippen molar-refractivity contribution < 1.29 is 4.79 Å². The van der Waals surface area contributed by atoms with Gasteiger partial charge in [0.1, 0.15) is 6.33 Å². The Labute approximate surface area is 220 Å². The minimum Gasteiger partial charge on any atom is -0.358 e. The molecular weight excluding hydrogens is 568 g/mol. The molecule has 0 bridgehead atoms. The number of hydrogen-bond acceptors (Lipinski definition) is 3. The fourth-order valence-corrected chi connectivity index (χ4v) is 6.06. The van der Waals surface area contributed by atoms with Crippen molar-refractivity contribution in [2.45, 2.75) is 44.9 Å². The summed E-state index contributed by atoms with van der Waals surface area (Å²) in [5.41, 5.74) is 9.19. The van der Waals surface area contributed by atoms with Crippen LogP contribution in [0.5, 0.6) is 0 Å². The van der Waals surface area contributed by atoms with Gasteiger partial charge in [-0.1, -0.05) is 31.9 Å². The first-order chi connectivity index (χ1) is 17.1. The lowest BCUT2D eigenvalue weighted by atomic mass is 10.0. The molecule has 7 heteroatoms. The van der Waals surface area contributed by atoms with E-state index in [9.17, 15) is 4.79 Å². The summed E-state index contributed by atoms with van der Waals surface area (Å²) in [5.74, 6) is 0.289. The second-order valence-corrected chi connectivity index (χ2v) is 11.0. The first-order valence-corrected chi connectivity index (χ1v) is 13.6. The van der Waals surface area contributed by atoms with Gasteiger partial charge in [0.05, 0.1) is 5.69 Å². The van der Waals surface area contributed by atoms with E-state index in [2.05, 4.69) is 70.0 Å². The summed E-state index contributed by atoms with van der Waals surface area (Å²) in [6.07, 6.45) is 10.6. The van der Waals surface area contributed by atoms with Gasteiger partial charge in [-0.2, -0.15) is 0 Å². The summed E-state index contributed by atoms with van der Waals surface area (Å²) in [6.45, 7) is 0. The van der Waals surface area contributed by atoms with Crippen molar-refractivity contribution in [3.05, 3.63) is 80.4 Å². The number of nitrogens with one attached hydrogen (secondary N) is 2. The number of rotatable bonds is 0. The Morgan fingerprint density at radius 3 is 2.11 bits per heavy atom. The number of carbonyl (C=O) groups excluding carboxylic acids is 1. The van der Waals surface area contributed by atoms with E-state index < -0.39 is 0 Å². The van der Waals surface area contributed by atoms with Gasteiger partial charge in [-0.15, -0.1) is 0 Å². The number of nitrogens with zero attached hydrogens (tertiary/aromatic N) is 2. The fourth-order valence-electron chi connectivity index (χ4n) is 5.34. The molecule has 0 aliphatic heterocycles. The lowest BCUT2D eigenvalue weighted by Gasteiger charge is -2.04. The minimum absolute atomic E-state index is 0.289. The number of aromatic nitrogens is 4. The number of benzene rings is 2. The summed E-state index contributed by atoms with van der Waals surface area (Å²) in [7, 11) is 0. The highest BCUT2D eigenvalue weighted by atomic mass is 79.9. The van der Waals surface area contributed by atoms with Crippen molar-refractivity contribution >= 4 is 59.4 Å². The third-order valence-corrected chi connectivity index (χ3v) is 7.92. The molecule has 7 rings (SSSR count). The van der Waals surface area contributed by atoms with Crippen molar-refractivity contribution in [3.63, 3.8) is 0 Å². The Bertz CT molecular complexity index is 1580. The van der Waals surface area contributed by atoms with Crippen molar-refractivity contribution in [1.29, 1.82) is 0 Å². The Morgan fingerprint density at radius 1 is 0.743 bits per heavy atom. The quantitative estimate of drug-likeness (QED) is 0.181. The van der Waals surface area contributed by atoms with E-state index in [-0.39, 0.29) is 5.78 Å². The number of H-pyrrole nitrogens is 2. The van der Waals surface area contributed by atoms with E-state index in [1.54, 1.807) is 6.33 Å². The molecule has 35 heavy (non-hydrogen) atoms. The molecule has 0 saturated heterocycles. The number of halogens is 2. The molecule has 3 heterocycles. The number of hydrogen-bond donors (Lipinski definition) is 2. The highest BCUT2D eigenvalue weighted by molar-refractivity contribution is 9.10. The largest absolute Gasteiger partial charge is 0.358 e. The topological polar surface area (TPSA) is 74.4 Å². The highest BCUT2D eigenvalue weighted by Gasteiger charge is 2.21. The van der Waals surface area contributed by atoms with Crippen LogP contribution in [0.1, 0.15) is 53.0 Å². The Kier molecular flexibility index (Phi) is 6.06. The summed E-state index contributed by atoms with van der Waals surface area (Å²) < 4.78 is 2.13. The molecule has 2 aliphatic rings. The van der Waals surface area contributed by atoms with E-state index in [0.29, 0.717) is 6.42 Å². The molecule has 3 aromatic heterocycles. The maximum Gasteiger partial charge on any atom is 0.165 e. The van der Waals surface area contributed by atoms with Crippen LogP contribution in [-0.4, -0.2) is 25.7 Å². The molecule has 0 amide bonds. The van der Waals surface area contributed by atoms with Crippen LogP contribution in [0.3, 0.4) is 0 Å².